The fraction of sp³-hybridized carbons (Fsp3) is 0.105. The maximum absolute atomic E-state index is 13.5. The molecule has 26 heavy (non-hydrogen) atoms. The average Bonchev–Trinajstić information content (AvgIpc) is 3.04. The molecule has 0 saturated heterocycles. The highest BCUT2D eigenvalue weighted by atomic mass is 19.1. The molecule has 3 rings (SSSR count). The van der Waals surface area contributed by atoms with Crippen LogP contribution in [-0.2, 0) is 9.53 Å². The average molecular weight is 354 g/mol. The molecule has 0 atom stereocenters. The number of ether oxygens (including phenoxy) is 1. The lowest BCUT2D eigenvalue weighted by Gasteiger charge is -2.06. The van der Waals surface area contributed by atoms with Gasteiger partial charge in [0.25, 0.3) is 5.91 Å². The van der Waals surface area contributed by atoms with Gasteiger partial charge in [0.05, 0.1) is 5.69 Å². The number of halogens is 1. The second-order valence-corrected chi connectivity index (χ2v) is 5.39. The number of aryl methyl sites for hydroxylation is 1. The highest BCUT2D eigenvalue weighted by Gasteiger charge is 2.20. The molecule has 0 unspecified atom stereocenters. The molecule has 6 nitrogen and oxygen atoms in total. The van der Waals surface area contributed by atoms with Gasteiger partial charge in [-0.05, 0) is 31.2 Å². The van der Waals surface area contributed by atoms with E-state index in [0.717, 1.165) is 0 Å². The summed E-state index contributed by atoms with van der Waals surface area (Å²) in [5.74, 6) is -1.47. The Kier molecular flexibility index (Phi) is 5.07. The van der Waals surface area contributed by atoms with Gasteiger partial charge in [-0.1, -0.05) is 30.3 Å². The lowest BCUT2D eigenvalue weighted by molar-refractivity contribution is -0.119. The first-order valence-electron chi connectivity index (χ1n) is 7.79. The molecule has 0 bridgehead atoms. The summed E-state index contributed by atoms with van der Waals surface area (Å²) < 4.78 is 23.9. The van der Waals surface area contributed by atoms with Crippen LogP contribution in [0.25, 0.3) is 11.5 Å². The SMILES string of the molecule is Cc1oc(-c2ccccc2)nc1C(=O)OCC(=O)Nc1ccccc1F. The zero-order chi connectivity index (χ0) is 18.5. The third kappa shape index (κ3) is 3.94. The number of anilines is 1. The van der Waals surface area contributed by atoms with Gasteiger partial charge in [-0.2, -0.15) is 0 Å². The Balaban J connectivity index is 1.63. The van der Waals surface area contributed by atoms with E-state index in [4.69, 9.17) is 9.15 Å². The molecule has 1 heterocycles. The van der Waals surface area contributed by atoms with Gasteiger partial charge in [-0.15, -0.1) is 0 Å². The van der Waals surface area contributed by atoms with Crippen LogP contribution >= 0.6 is 0 Å². The zero-order valence-corrected chi connectivity index (χ0v) is 13.9. The molecule has 3 aromatic rings. The van der Waals surface area contributed by atoms with Gasteiger partial charge in [-0.3, -0.25) is 4.79 Å². The first-order valence-corrected chi connectivity index (χ1v) is 7.79. The fourth-order valence-electron chi connectivity index (χ4n) is 2.24. The van der Waals surface area contributed by atoms with Crippen molar-refractivity contribution in [2.45, 2.75) is 6.92 Å². The topological polar surface area (TPSA) is 81.4 Å². The number of amides is 1. The molecule has 2 aromatic carbocycles. The molecule has 0 spiro atoms. The summed E-state index contributed by atoms with van der Waals surface area (Å²) in [5.41, 5.74) is 0.715. The van der Waals surface area contributed by atoms with Crippen LogP contribution in [-0.4, -0.2) is 23.5 Å². The van der Waals surface area contributed by atoms with Crippen molar-refractivity contribution in [3.05, 3.63) is 71.9 Å². The van der Waals surface area contributed by atoms with Crippen LogP contribution in [0.5, 0.6) is 0 Å². The number of hydrogen-bond donors (Lipinski definition) is 1. The highest BCUT2D eigenvalue weighted by Crippen LogP contribution is 2.21. The molecule has 0 aliphatic rings. The summed E-state index contributed by atoms with van der Waals surface area (Å²) in [6.45, 7) is 1.01. The Bertz CT molecular complexity index is 938. The van der Waals surface area contributed by atoms with Crippen molar-refractivity contribution >= 4 is 17.6 Å². The third-order valence-electron chi connectivity index (χ3n) is 3.49. The monoisotopic (exact) mass is 354 g/mol. The quantitative estimate of drug-likeness (QED) is 0.708. The van der Waals surface area contributed by atoms with E-state index in [0.29, 0.717) is 5.56 Å². The van der Waals surface area contributed by atoms with Crippen molar-refractivity contribution in [2.75, 3.05) is 11.9 Å². The number of oxazole rings is 1. The van der Waals surface area contributed by atoms with Crippen molar-refractivity contribution in [2.24, 2.45) is 0 Å². The minimum absolute atomic E-state index is 0.0115. The molecule has 0 saturated carbocycles. The largest absolute Gasteiger partial charge is 0.451 e. The Morgan fingerprint density at radius 1 is 1.12 bits per heavy atom. The molecule has 132 valence electrons. The lowest BCUT2D eigenvalue weighted by Crippen LogP contribution is -2.21. The van der Waals surface area contributed by atoms with Crippen LogP contribution in [0.2, 0.25) is 0 Å². The van der Waals surface area contributed by atoms with Crippen molar-refractivity contribution in [1.29, 1.82) is 0 Å². The number of nitrogens with one attached hydrogen (secondary N) is 1. The maximum atomic E-state index is 13.5. The smallest absolute Gasteiger partial charge is 0.361 e. The van der Waals surface area contributed by atoms with Crippen LogP contribution in [0.4, 0.5) is 10.1 Å². The minimum atomic E-state index is -0.794. The van der Waals surface area contributed by atoms with Gasteiger partial charge >= 0.3 is 5.97 Å². The molecular formula is C19H15FN2O4. The molecule has 0 aliphatic carbocycles. The van der Waals surface area contributed by atoms with E-state index in [1.54, 1.807) is 25.1 Å². The summed E-state index contributed by atoms with van der Waals surface area (Å²) in [7, 11) is 0. The van der Waals surface area contributed by atoms with Crippen LogP contribution in [0, 0.1) is 12.7 Å². The second-order valence-electron chi connectivity index (χ2n) is 5.39. The van der Waals surface area contributed by atoms with Gasteiger partial charge in [-0.25, -0.2) is 14.2 Å². The van der Waals surface area contributed by atoms with E-state index >= 15 is 0 Å². The van der Waals surface area contributed by atoms with E-state index < -0.39 is 24.3 Å². The summed E-state index contributed by atoms with van der Waals surface area (Å²) >= 11 is 0. The number of nitrogens with zero attached hydrogens (tertiary/aromatic N) is 1. The second kappa shape index (κ2) is 7.60. The van der Waals surface area contributed by atoms with Crippen LogP contribution < -0.4 is 5.32 Å². The molecule has 0 aliphatic heterocycles. The predicted molar refractivity (Wildman–Crippen MR) is 92.0 cm³/mol. The van der Waals surface area contributed by atoms with Gasteiger partial charge in [0.2, 0.25) is 5.89 Å². The zero-order valence-electron chi connectivity index (χ0n) is 13.9. The first kappa shape index (κ1) is 17.3. The molecule has 1 amide bonds. The number of rotatable bonds is 5. The number of benzene rings is 2. The van der Waals surface area contributed by atoms with E-state index in [1.165, 1.54) is 18.2 Å². The maximum Gasteiger partial charge on any atom is 0.361 e. The Morgan fingerprint density at radius 2 is 1.81 bits per heavy atom. The van der Waals surface area contributed by atoms with Crippen LogP contribution in [0.3, 0.4) is 0 Å². The number of esters is 1. The minimum Gasteiger partial charge on any atom is -0.451 e. The predicted octanol–water partition coefficient (Wildman–Crippen LogP) is 3.58. The van der Waals surface area contributed by atoms with E-state index in [9.17, 15) is 14.0 Å². The van der Waals surface area contributed by atoms with E-state index in [1.807, 2.05) is 18.2 Å². The van der Waals surface area contributed by atoms with Crippen molar-refractivity contribution in [3.63, 3.8) is 0 Å². The van der Waals surface area contributed by atoms with Gasteiger partial charge in [0.1, 0.15) is 11.6 Å². The summed E-state index contributed by atoms with van der Waals surface area (Å²) in [5, 5.41) is 2.33. The lowest BCUT2D eigenvalue weighted by atomic mass is 10.2. The number of aromatic nitrogens is 1. The molecular weight excluding hydrogens is 339 g/mol. The first-order chi connectivity index (χ1) is 12.5. The van der Waals surface area contributed by atoms with Crippen molar-refractivity contribution in [3.8, 4) is 11.5 Å². The summed E-state index contributed by atoms with van der Waals surface area (Å²) in [4.78, 5) is 28.1. The van der Waals surface area contributed by atoms with E-state index in [-0.39, 0.29) is 23.0 Å². The Hall–Kier alpha value is -3.48. The van der Waals surface area contributed by atoms with E-state index in [2.05, 4.69) is 10.3 Å². The summed E-state index contributed by atoms with van der Waals surface area (Å²) in [6.07, 6.45) is 0. The Labute approximate surface area is 148 Å². The highest BCUT2D eigenvalue weighted by molar-refractivity contribution is 5.95. The molecule has 0 radical (unpaired) electrons. The molecule has 1 N–H and O–H groups in total. The van der Waals surface area contributed by atoms with Gasteiger partial charge < -0.3 is 14.5 Å². The number of hydrogen-bond acceptors (Lipinski definition) is 5. The third-order valence-corrected chi connectivity index (χ3v) is 3.49. The number of para-hydroxylation sites is 1. The normalized spacial score (nSPS) is 10.4. The van der Waals surface area contributed by atoms with Crippen LogP contribution in [0.15, 0.2) is 59.0 Å². The molecule has 7 heteroatoms. The van der Waals surface area contributed by atoms with Gasteiger partial charge in [0, 0.05) is 5.56 Å². The van der Waals surface area contributed by atoms with Crippen molar-refractivity contribution < 1.29 is 23.1 Å². The number of carbonyl (C=O) groups is 2. The van der Waals surface area contributed by atoms with Crippen molar-refractivity contribution in [1.82, 2.24) is 4.98 Å². The van der Waals surface area contributed by atoms with Gasteiger partial charge in [0.15, 0.2) is 12.3 Å². The molecule has 0 fully saturated rings. The Morgan fingerprint density at radius 3 is 2.54 bits per heavy atom. The summed E-state index contributed by atoms with van der Waals surface area (Å²) in [6, 6.07) is 14.8. The number of carbonyl (C=O) groups excluding carboxylic acids is 2. The molecule has 1 aromatic heterocycles. The fourth-order valence-corrected chi connectivity index (χ4v) is 2.24. The van der Waals surface area contributed by atoms with Crippen LogP contribution in [0.1, 0.15) is 16.2 Å². The standard InChI is InChI=1S/C19H15FN2O4/c1-12-17(22-18(26-12)13-7-3-2-4-8-13)19(24)25-11-16(23)21-15-10-6-5-9-14(15)20/h2-10H,11H2,1H3,(H,21,23).